The van der Waals surface area contributed by atoms with Gasteiger partial charge < -0.3 is 9.30 Å². The van der Waals surface area contributed by atoms with Crippen molar-refractivity contribution < 1.29 is 4.74 Å². The molecule has 1 saturated heterocycles. The summed E-state index contributed by atoms with van der Waals surface area (Å²) in [5.41, 5.74) is 3.34. The van der Waals surface area contributed by atoms with Crippen LogP contribution in [0.15, 0.2) is 24.4 Å². The van der Waals surface area contributed by atoms with Gasteiger partial charge in [-0.15, -0.1) is 11.6 Å². The molecule has 0 bridgehead atoms. The summed E-state index contributed by atoms with van der Waals surface area (Å²) in [4.78, 5) is 12.7. The van der Waals surface area contributed by atoms with Gasteiger partial charge in [-0.3, -0.25) is 4.98 Å². The minimum Gasteiger partial charge on any atom is -0.378 e. The van der Waals surface area contributed by atoms with E-state index in [1.807, 2.05) is 12.1 Å². The Kier molecular flexibility index (Phi) is 3.87. The molecule has 0 saturated carbocycles. The topological polar surface area (TPSA) is 44.3 Å². The number of rotatable bonds is 2. The van der Waals surface area contributed by atoms with E-state index in [1.54, 1.807) is 12.3 Å². The average Bonchev–Trinajstić information content (AvgIpc) is 3.00. The van der Waals surface area contributed by atoms with Crippen LogP contribution in [0.5, 0.6) is 0 Å². The van der Waals surface area contributed by atoms with Crippen molar-refractivity contribution >= 4 is 39.2 Å². The lowest BCUT2D eigenvalue weighted by molar-refractivity contribution is 0.00636. The summed E-state index contributed by atoms with van der Waals surface area (Å²) in [5, 5.41) is 0.962. The zero-order chi connectivity index (χ0) is 16.7. The van der Waals surface area contributed by atoms with E-state index in [4.69, 9.17) is 22.9 Å². The van der Waals surface area contributed by atoms with Crippen LogP contribution in [-0.4, -0.2) is 27.2 Å². The van der Waals surface area contributed by atoms with Crippen molar-refractivity contribution in [3.63, 3.8) is 0 Å². The maximum Gasteiger partial charge on any atom is 0.188 e. The number of nitrogens with zero attached hydrogens (tertiary/aromatic N) is 4. The summed E-state index contributed by atoms with van der Waals surface area (Å²) in [6.07, 6.45) is 3.88. The zero-order valence-electron chi connectivity index (χ0n) is 13.4. The number of pyridine rings is 1. The summed E-state index contributed by atoms with van der Waals surface area (Å²) in [6.45, 7) is 10.1. The van der Waals surface area contributed by atoms with Crippen molar-refractivity contribution in [2.24, 2.45) is 0 Å². The molecule has 24 heavy (non-hydrogen) atoms. The maximum atomic E-state index is 7.29. The van der Waals surface area contributed by atoms with Crippen LogP contribution in [0.4, 0.5) is 5.69 Å². The number of imidazole rings is 1. The smallest absolute Gasteiger partial charge is 0.188 e. The van der Waals surface area contributed by atoms with Crippen LogP contribution in [0, 0.1) is 6.57 Å². The third-order valence-electron chi connectivity index (χ3n) is 4.64. The van der Waals surface area contributed by atoms with E-state index < -0.39 is 0 Å². The molecule has 0 unspecified atom stereocenters. The summed E-state index contributed by atoms with van der Waals surface area (Å²) >= 11 is 6.19. The first-order valence-electron chi connectivity index (χ1n) is 8.06. The molecule has 3 heterocycles. The van der Waals surface area contributed by atoms with Crippen LogP contribution in [0.1, 0.15) is 31.6 Å². The first kappa shape index (κ1) is 15.4. The van der Waals surface area contributed by atoms with Crippen LogP contribution >= 0.6 is 11.6 Å². The van der Waals surface area contributed by atoms with Gasteiger partial charge in [-0.2, -0.15) is 0 Å². The standard InChI is InChI=1S/C18H17ClN4O/c1-11-7-13(5-6-24-11)23-17(9-19)22-16-10-21-15-4-3-12(20-2)8-14(15)18(16)23/h3-4,8,10-11,13H,5-7,9H2,1H3/t11-,13-/m1/s1. The molecule has 122 valence electrons. The highest BCUT2D eigenvalue weighted by atomic mass is 35.5. The average molecular weight is 341 g/mol. The number of fused-ring (bicyclic) bond motifs is 3. The molecule has 2 aromatic heterocycles. The molecule has 5 nitrogen and oxygen atoms in total. The SMILES string of the molecule is [C-]#[N+]c1ccc2ncc3nc(CCl)n([C@@H]4CCO[C@H](C)C4)c3c2c1. The zero-order valence-corrected chi connectivity index (χ0v) is 14.1. The second-order valence-corrected chi connectivity index (χ2v) is 6.46. The number of halogens is 1. The quantitative estimate of drug-likeness (QED) is 0.505. The molecule has 0 radical (unpaired) electrons. The van der Waals surface area contributed by atoms with Crippen LogP contribution in [-0.2, 0) is 10.6 Å². The fraction of sp³-hybridized carbons (Fsp3) is 0.389. The Morgan fingerprint density at radius 1 is 1.42 bits per heavy atom. The molecule has 1 fully saturated rings. The summed E-state index contributed by atoms with van der Waals surface area (Å²) < 4.78 is 7.95. The molecule has 2 atom stereocenters. The third-order valence-corrected chi connectivity index (χ3v) is 4.88. The van der Waals surface area contributed by atoms with Crippen LogP contribution in [0.3, 0.4) is 0 Å². The number of hydrogen-bond donors (Lipinski definition) is 0. The molecule has 1 aliphatic heterocycles. The van der Waals surface area contributed by atoms with Crippen molar-refractivity contribution in [2.45, 2.75) is 37.8 Å². The Morgan fingerprint density at radius 3 is 3.04 bits per heavy atom. The van der Waals surface area contributed by atoms with Crippen molar-refractivity contribution in [3.8, 4) is 0 Å². The van der Waals surface area contributed by atoms with Gasteiger partial charge in [0.1, 0.15) is 11.3 Å². The number of hydrogen-bond acceptors (Lipinski definition) is 3. The van der Waals surface area contributed by atoms with Gasteiger partial charge in [0, 0.05) is 18.0 Å². The predicted molar refractivity (Wildman–Crippen MR) is 94.5 cm³/mol. The normalized spacial score (nSPS) is 21.2. The van der Waals surface area contributed by atoms with Crippen LogP contribution < -0.4 is 0 Å². The van der Waals surface area contributed by atoms with E-state index in [0.717, 1.165) is 47.2 Å². The number of ether oxygens (including phenoxy) is 1. The Morgan fingerprint density at radius 2 is 2.29 bits per heavy atom. The fourth-order valence-corrected chi connectivity index (χ4v) is 3.77. The first-order chi connectivity index (χ1) is 11.7. The van der Waals surface area contributed by atoms with E-state index >= 15 is 0 Å². The predicted octanol–water partition coefficient (Wildman–Crippen LogP) is 4.61. The lowest BCUT2D eigenvalue weighted by Crippen LogP contribution is -2.26. The number of benzene rings is 1. The molecule has 6 heteroatoms. The molecule has 1 aromatic carbocycles. The highest BCUT2D eigenvalue weighted by Crippen LogP contribution is 2.35. The minimum atomic E-state index is 0.219. The highest BCUT2D eigenvalue weighted by Gasteiger charge is 2.25. The third kappa shape index (κ3) is 2.43. The molecular weight excluding hydrogens is 324 g/mol. The van der Waals surface area contributed by atoms with E-state index in [0.29, 0.717) is 17.6 Å². The largest absolute Gasteiger partial charge is 0.378 e. The van der Waals surface area contributed by atoms with E-state index in [2.05, 4.69) is 26.3 Å². The van der Waals surface area contributed by atoms with E-state index in [-0.39, 0.29) is 6.10 Å². The molecular formula is C18H17ClN4O. The Labute approximate surface area is 145 Å². The number of alkyl halides is 1. The van der Waals surface area contributed by atoms with Crippen LogP contribution in [0.25, 0.3) is 26.8 Å². The van der Waals surface area contributed by atoms with E-state index in [9.17, 15) is 0 Å². The molecule has 1 aliphatic rings. The lowest BCUT2D eigenvalue weighted by atomic mass is 10.0. The van der Waals surface area contributed by atoms with E-state index in [1.165, 1.54) is 0 Å². The second-order valence-electron chi connectivity index (χ2n) is 6.20. The van der Waals surface area contributed by atoms with Crippen molar-refractivity contribution in [3.05, 3.63) is 41.6 Å². The monoisotopic (exact) mass is 340 g/mol. The summed E-state index contributed by atoms with van der Waals surface area (Å²) in [6, 6.07) is 5.89. The van der Waals surface area contributed by atoms with Crippen LogP contribution in [0.2, 0.25) is 0 Å². The molecule has 0 spiro atoms. The summed E-state index contributed by atoms with van der Waals surface area (Å²) in [7, 11) is 0. The van der Waals surface area contributed by atoms with Crippen molar-refractivity contribution in [2.75, 3.05) is 6.61 Å². The van der Waals surface area contributed by atoms with Gasteiger partial charge in [-0.1, -0.05) is 6.07 Å². The Hall–Kier alpha value is -2.16. The maximum absolute atomic E-state index is 7.29. The number of aromatic nitrogens is 3. The van der Waals surface area contributed by atoms with Gasteiger partial charge in [0.25, 0.3) is 0 Å². The molecule has 0 aliphatic carbocycles. The van der Waals surface area contributed by atoms with Crippen molar-refractivity contribution in [1.82, 2.24) is 14.5 Å². The summed E-state index contributed by atoms with van der Waals surface area (Å²) in [5.74, 6) is 1.21. The van der Waals surface area contributed by atoms with Crippen molar-refractivity contribution in [1.29, 1.82) is 0 Å². The first-order valence-corrected chi connectivity index (χ1v) is 8.59. The Balaban J connectivity index is 2.02. The lowest BCUT2D eigenvalue weighted by Gasteiger charge is -2.30. The second kappa shape index (κ2) is 6.04. The Bertz CT molecular complexity index is 959. The fourth-order valence-electron chi connectivity index (χ4n) is 3.58. The van der Waals surface area contributed by atoms with Gasteiger partial charge in [0.15, 0.2) is 5.69 Å². The van der Waals surface area contributed by atoms with Gasteiger partial charge in [0.2, 0.25) is 0 Å². The van der Waals surface area contributed by atoms with Gasteiger partial charge in [-0.25, -0.2) is 9.83 Å². The van der Waals surface area contributed by atoms with Gasteiger partial charge in [0.05, 0.1) is 35.8 Å². The molecule has 0 N–H and O–H groups in total. The molecule has 0 amide bonds. The van der Waals surface area contributed by atoms with Gasteiger partial charge >= 0.3 is 0 Å². The van der Waals surface area contributed by atoms with Gasteiger partial charge in [-0.05, 0) is 31.9 Å². The minimum absolute atomic E-state index is 0.219. The molecule has 3 aromatic rings. The molecule has 4 rings (SSSR count). The highest BCUT2D eigenvalue weighted by molar-refractivity contribution is 6.17.